The number of aliphatic hydroxyl groups is 17. The zero-order valence-electron chi connectivity index (χ0n) is 38.9. The number of carbonyl (C=O) groups excluding carboxylic acids is 1. The van der Waals surface area contributed by atoms with E-state index in [2.05, 4.69) is 5.32 Å². The number of aliphatic hydroxyl groups excluding tert-OH is 16. The van der Waals surface area contributed by atoms with Crippen molar-refractivity contribution in [2.24, 2.45) is 5.73 Å². The Morgan fingerprint density at radius 1 is 0.635 bits per heavy atom. The van der Waals surface area contributed by atoms with Crippen molar-refractivity contribution in [1.29, 1.82) is 0 Å². The van der Waals surface area contributed by atoms with Crippen LogP contribution in [0.25, 0.3) is 0 Å². The van der Waals surface area contributed by atoms with Crippen molar-refractivity contribution < 1.29 is 163 Å². The van der Waals surface area contributed by atoms with Gasteiger partial charge in [-0.1, -0.05) is 0 Å². The van der Waals surface area contributed by atoms with Crippen molar-refractivity contribution >= 4 is 19.7 Å². The van der Waals surface area contributed by atoms with Crippen LogP contribution in [0.15, 0.2) is 0 Å². The molecular formula is C38H67N2O33P. The lowest BCUT2D eigenvalue weighted by Gasteiger charge is -2.52. The highest BCUT2D eigenvalue weighted by atomic mass is 31.2. The van der Waals surface area contributed by atoms with Crippen molar-refractivity contribution in [1.82, 2.24) is 5.32 Å². The first-order valence-corrected chi connectivity index (χ1v) is 24.3. The lowest BCUT2D eigenvalue weighted by molar-refractivity contribution is -0.411. The summed E-state index contributed by atoms with van der Waals surface area (Å²) in [6, 6.07) is -1.89. The number of carboxylic acids is 1. The molecule has 28 atom stereocenters. The van der Waals surface area contributed by atoms with Gasteiger partial charge in [0.15, 0.2) is 25.2 Å². The minimum absolute atomic E-state index is 0.412. The van der Waals surface area contributed by atoms with E-state index in [4.69, 9.17) is 57.4 Å². The van der Waals surface area contributed by atoms with Crippen molar-refractivity contribution in [3.63, 3.8) is 0 Å². The summed E-state index contributed by atoms with van der Waals surface area (Å²) in [5, 5.41) is 195. The third kappa shape index (κ3) is 14.0. The van der Waals surface area contributed by atoms with Gasteiger partial charge in [-0.25, -0.2) is 9.36 Å². The fraction of sp³-hybridized carbons (Fsp3) is 0.947. The third-order valence-corrected chi connectivity index (χ3v) is 13.6. The number of hydrogen-bond acceptors (Lipinski definition) is 32. The molecule has 5 saturated heterocycles. The van der Waals surface area contributed by atoms with Crippen LogP contribution in [0.3, 0.4) is 0 Å². The van der Waals surface area contributed by atoms with Gasteiger partial charge in [-0.3, -0.25) is 13.8 Å². The maximum Gasteiger partial charge on any atom is 0.472 e. The number of nitrogens with two attached hydrogens (primary N) is 1. The van der Waals surface area contributed by atoms with Crippen LogP contribution in [0.5, 0.6) is 0 Å². The van der Waals surface area contributed by atoms with Gasteiger partial charge in [0.1, 0.15) is 128 Å². The molecule has 5 aliphatic rings. The zero-order chi connectivity index (χ0) is 55.3. The van der Waals surface area contributed by atoms with Crippen LogP contribution in [0, 0.1) is 0 Å². The van der Waals surface area contributed by atoms with E-state index >= 15 is 0 Å². The van der Waals surface area contributed by atoms with E-state index in [0.717, 1.165) is 6.92 Å². The molecule has 0 bridgehead atoms. The summed E-state index contributed by atoms with van der Waals surface area (Å²) < 4.78 is 75.7. The number of ether oxygens (including phenoxy) is 9. The highest BCUT2D eigenvalue weighted by Gasteiger charge is 2.61. The molecule has 432 valence electrons. The predicted molar refractivity (Wildman–Crippen MR) is 225 cm³/mol. The smallest absolute Gasteiger partial charge is 0.472 e. The van der Waals surface area contributed by atoms with Crippen LogP contribution in [-0.2, 0) is 65.8 Å². The maximum atomic E-state index is 13.5. The fourth-order valence-electron chi connectivity index (χ4n) is 8.74. The zero-order valence-corrected chi connectivity index (χ0v) is 39.8. The molecule has 0 aliphatic carbocycles. The molecule has 0 saturated carbocycles. The Bertz CT molecular complexity index is 1830. The number of rotatable bonds is 23. The Kier molecular flexibility index (Phi) is 22.7. The van der Waals surface area contributed by atoms with Crippen molar-refractivity contribution in [2.45, 2.75) is 179 Å². The number of hydrogen-bond donors (Lipinski definition) is 21. The normalized spacial score (nSPS) is 45.2. The summed E-state index contributed by atoms with van der Waals surface area (Å²) in [6.07, 6.45) is -57.6. The first-order valence-electron chi connectivity index (χ1n) is 22.8. The molecule has 36 heteroatoms. The lowest BCUT2D eigenvalue weighted by Crippen LogP contribution is -2.71. The summed E-state index contributed by atoms with van der Waals surface area (Å²) in [6.45, 7) is -6.16. The number of phosphoric acid groups is 1. The molecule has 5 heterocycles. The van der Waals surface area contributed by atoms with E-state index in [0.29, 0.717) is 0 Å². The molecule has 0 aromatic heterocycles. The van der Waals surface area contributed by atoms with Crippen molar-refractivity contribution in [3.05, 3.63) is 0 Å². The Morgan fingerprint density at radius 2 is 1.14 bits per heavy atom. The molecule has 0 spiro atoms. The summed E-state index contributed by atoms with van der Waals surface area (Å²) in [5.74, 6) is -6.25. The van der Waals surface area contributed by atoms with Crippen LogP contribution >= 0.6 is 7.82 Å². The van der Waals surface area contributed by atoms with Gasteiger partial charge in [0.25, 0.3) is 5.79 Å². The highest BCUT2D eigenvalue weighted by Crippen LogP contribution is 2.48. The molecule has 5 rings (SSSR count). The highest BCUT2D eigenvalue weighted by molar-refractivity contribution is 7.47. The van der Waals surface area contributed by atoms with Crippen LogP contribution in [-0.4, -0.2) is 320 Å². The predicted octanol–water partition coefficient (Wildman–Crippen LogP) is -13.1. The molecule has 0 aromatic carbocycles. The van der Waals surface area contributed by atoms with Gasteiger partial charge in [0.2, 0.25) is 5.91 Å². The second-order valence-electron chi connectivity index (χ2n) is 17.8. The quantitative estimate of drug-likeness (QED) is 0.0423. The Labute approximate surface area is 417 Å². The molecular weight excluding hydrogens is 1040 g/mol. The number of carboxylic acid groups (broad SMARTS) is 1. The van der Waals surface area contributed by atoms with E-state index in [1.807, 2.05) is 0 Å². The SMILES string of the molecule is CC(=O)N[C@H]1[C@@H](O[C@@H]2[C@@H](O[C@@H]3[C@H](O)[C@@H](O[C@H]4[C@@H]([C@H](O)CO)OC(O)(C(=O)O)C[C@H]4O)O[C@H]([C@@H](O)CO)[C@H]3O[C@@H]3O[C@H](CO)[C@@H](O)[C@H](O)[C@H]3O)O[C@H]([C@@H](O)CO)[C@@H](O)[C@@H]2OP(=O)(O)OCCN)O[C@H](CO)[C@@H](O)[C@@H]1O. The van der Waals surface area contributed by atoms with Crippen LogP contribution in [0.2, 0.25) is 0 Å². The summed E-state index contributed by atoms with van der Waals surface area (Å²) in [5.41, 5.74) is 5.43. The first kappa shape index (κ1) is 62.8. The van der Waals surface area contributed by atoms with Gasteiger partial charge in [-0.2, -0.15) is 0 Å². The van der Waals surface area contributed by atoms with Gasteiger partial charge in [-0.15, -0.1) is 0 Å². The first-order chi connectivity index (χ1) is 34.7. The van der Waals surface area contributed by atoms with Gasteiger partial charge in [0, 0.05) is 19.9 Å². The second kappa shape index (κ2) is 26.7. The van der Waals surface area contributed by atoms with Crippen LogP contribution in [0.1, 0.15) is 13.3 Å². The van der Waals surface area contributed by atoms with Gasteiger partial charge < -0.3 is 150 Å². The third-order valence-electron chi connectivity index (χ3n) is 12.6. The summed E-state index contributed by atoms with van der Waals surface area (Å²) in [7, 11) is -5.52. The van der Waals surface area contributed by atoms with Gasteiger partial charge >= 0.3 is 13.8 Å². The Hall–Kier alpha value is -2.03. The molecule has 0 aromatic rings. The summed E-state index contributed by atoms with van der Waals surface area (Å²) in [4.78, 5) is 35.3. The minimum Gasteiger partial charge on any atom is -0.477 e. The van der Waals surface area contributed by atoms with Crippen molar-refractivity contribution in [2.75, 3.05) is 46.2 Å². The standard InChI is InChI=1S/C38H67N2O33P/c1-10(46)40-17-20(53)18(51)15(8-44)64-33(17)71-32-30(73-74(61,62)63-3-2-39)23(56)25(12(48)5-41)66-36(32)69-29-24(57)35(67-26-11(47)4-38(60,37(58)59)72-28(26)14(50)7-43)68-27(13(49)6-42)31(29)70-34-22(55)21(54)19(52)16(9-45)65-34/h11-36,41-45,47-57,60H,2-9,39H2,1H3,(H,40,46)(H,58,59)(H,61,62)/t11-,12+,13+,14-,15-,16-,17-,18-,19-,20-,21+,22-,23-,24+,25-,26-,27-,28-,29-,30+,31-,32+,33-,34+,35+,36-,38?/m1/s1. The Morgan fingerprint density at radius 3 is 1.69 bits per heavy atom. The topological polar surface area (TPSA) is 575 Å². The van der Waals surface area contributed by atoms with E-state index < -0.39 is 237 Å². The number of carbonyl (C=O) groups is 2. The van der Waals surface area contributed by atoms with Gasteiger partial charge in [-0.05, 0) is 0 Å². The van der Waals surface area contributed by atoms with E-state index in [1.54, 1.807) is 0 Å². The molecule has 35 nitrogen and oxygen atoms in total. The van der Waals surface area contributed by atoms with Gasteiger partial charge in [0.05, 0.1) is 45.7 Å². The van der Waals surface area contributed by atoms with Crippen LogP contribution < -0.4 is 11.1 Å². The van der Waals surface area contributed by atoms with Crippen LogP contribution in [0.4, 0.5) is 0 Å². The number of amides is 1. The molecule has 1 amide bonds. The molecule has 0 radical (unpaired) electrons. The largest absolute Gasteiger partial charge is 0.477 e. The lowest BCUT2D eigenvalue weighted by atomic mass is 9.91. The number of phosphoric ester groups is 1. The maximum absolute atomic E-state index is 13.5. The van der Waals surface area contributed by atoms with E-state index in [9.17, 15) is 111 Å². The molecule has 5 fully saturated rings. The van der Waals surface area contributed by atoms with Crippen molar-refractivity contribution in [3.8, 4) is 0 Å². The van der Waals surface area contributed by atoms with E-state index in [-0.39, 0.29) is 0 Å². The minimum atomic E-state index is -5.52. The summed E-state index contributed by atoms with van der Waals surface area (Å²) >= 11 is 0. The number of nitrogens with one attached hydrogen (secondary N) is 1. The second-order valence-corrected chi connectivity index (χ2v) is 19.2. The Balaban J connectivity index is 1.71. The molecule has 5 aliphatic heterocycles. The monoisotopic (exact) mass is 1110 g/mol. The number of aliphatic carboxylic acids is 1. The van der Waals surface area contributed by atoms with E-state index in [1.165, 1.54) is 0 Å². The molecule has 74 heavy (non-hydrogen) atoms. The fourth-order valence-corrected chi connectivity index (χ4v) is 9.69. The molecule has 22 N–H and O–H groups in total. The molecule has 2 unspecified atom stereocenters. The average Bonchev–Trinajstić information content (AvgIpc) is 3.35. The average molecular weight is 1110 g/mol.